The normalized spacial score (nSPS) is 21.1. The predicted molar refractivity (Wildman–Crippen MR) is 74.8 cm³/mol. The highest BCUT2D eigenvalue weighted by Crippen LogP contribution is 2.32. The Morgan fingerprint density at radius 3 is 2.24 bits per heavy atom. The molecule has 2 nitrogen and oxygen atoms in total. The minimum absolute atomic E-state index is 0.122. The number of nitrogens with one attached hydrogen (secondary N) is 1. The van der Waals surface area contributed by atoms with Crippen LogP contribution in [0.4, 0.5) is 0 Å². The fourth-order valence-corrected chi connectivity index (χ4v) is 1.96. The summed E-state index contributed by atoms with van der Waals surface area (Å²) in [5.41, 5.74) is 1.19. The number of amides is 1. The minimum atomic E-state index is 0.122. The van der Waals surface area contributed by atoms with Crippen molar-refractivity contribution in [2.24, 2.45) is 17.3 Å². The second kappa shape index (κ2) is 6.83. The average Bonchev–Trinajstić information content (AvgIpc) is 2.42. The second-order valence-electron chi connectivity index (χ2n) is 5.79. The summed E-state index contributed by atoms with van der Waals surface area (Å²) in [5, 5.41) is 2.97. The number of hydrogen-bond donors (Lipinski definition) is 1. The molecule has 0 aliphatic carbocycles. The van der Waals surface area contributed by atoms with E-state index < -0.39 is 0 Å². The van der Waals surface area contributed by atoms with Crippen molar-refractivity contribution in [2.45, 2.75) is 54.9 Å². The second-order valence-corrected chi connectivity index (χ2v) is 5.79. The van der Waals surface area contributed by atoms with Crippen molar-refractivity contribution in [3.8, 4) is 0 Å². The Morgan fingerprint density at radius 2 is 1.82 bits per heavy atom. The molecule has 17 heavy (non-hydrogen) atoms. The zero-order valence-corrected chi connectivity index (χ0v) is 12.6. The summed E-state index contributed by atoms with van der Waals surface area (Å²) in [6, 6.07) is 0. The van der Waals surface area contributed by atoms with Gasteiger partial charge in [-0.1, -0.05) is 54.5 Å². The summed E-state index contributed by atoms with van der Waals surface area (Å²) in [6.45, 7) is 15.7. The van der Waals surface area contributed by atoms with Crippen LogP contribution in [0.15, 0.2) is 11.6 Å². The first kappa shape index (κ1) is 16.2. The van der Waals surface area contributed by atoms with Gasteiger partial charge in [0, 0.05) is 12.1 Å². The Bertz CT molecular complexity index is 271. The molecule has 1 aliphatic heterocycles. The fraction of sp³-hybridized carbons (Fsp3) is 0.800. The molecule has 1 rings (SSSR count). The highest BCUT2D eigenvalue weighted by molar-refractivity contribution is 5.94. The lowest BCUT2D eigenvalue weighted by Crippen LogP contribution is -2.26. The van der Waals surface area contributed by atoms with Gasteiger partial charge in [0.1, 0.15) is 0 Å². The molecule has 0 aromatic rings. The van der Waals surface area contributed by atoms with E-state index in [0.717, 1.165) is 18.5 Å². The molecule has 0 aromatic heterocycles. The Kier molecular flexibility index (Phi) is 6.51. The van der Waals surface area contributed by atoms with Crippen LogP contribution in [0.25, 0.3) is 0 Å². The van der Waals surface area contributed by atoms with Crippen LogP contribution >= 0.6 is 0 Å². The maximum atomic E-state index is 11.7. The van der Waals surface area contributed by atoms with Gasteiger partial charge in [-0.3, -0.25) is 4.79 Å². The van der Waals surface area contributed by atoms with Crippen molar-refractivity contribution >= 4 is 5.91 Å². The molecule has 0 aromatic carbocycles. The molecule has 0 saturated carbocycles. The minimum Gasteiger partial charge on any atom is -0.352 e. The van der Waals surface area contributed by atoms with E-state index in [1.165, 1.54) is 0 Å². The van der Waals surface area contributed by atoms with Crippen LogP contribution in [0.5, 0.6) is 0 Å². The third kappa shape index (κ3) is 4.93. The van der Waals surface area contributed by atoms with Gasteiger partial charge < -0.3 is 5.32 Å². The van der Waals surface area contributed by atoms with Gasteiger partial charge in [-0.2, -0.15) is 0 Å². The van der Waals surface area contributed by atoms with Crippen molar-refractivity contribution in [3.05, 3.63) is 11.6 Å². The van der Waals surface area contributed by atoms with E-state index in [2.05, 4.69) is 46.0 Å². The molecule has 2 heteroatoms. The lowest BCUT2D eigenvalue weighted by atomic mass is 9.77. The Balaban J connectivity index is 0.00000121. The molecule has 0 spiro atoms. The molecular formula is C15H29NO. The first-order valence-electron chi connectivity index (χ1n) is 6.82. The SMILES string of the molecule is CC.CC(C)C1=CC(C(C)(C)C)CCNC1=O. The quantitative estimate of drug-likeness (QED) is 0.741. The zero-order valence-electron chi connectivity index (χ0n) is 12.6. The van der Waals surface area contributed by atoms with Gasteiger partial charge in [0.05, 0.1) is 0 Å². The number of allylic oxidation sites excluding steroid dienone is 1. The summed E-state index contributed by atoms with van der Waals surface area (Å²) in [4.78, 5) is 11.7. The van der Waals surface area contributed by atoms with Crippen molar-refractivity contribution in [1.29, 1.82) is 0 Å². The topological polar surface area (TPSA) is 29.1 Å². The van der Waals surface area contributed by atoms with Crippen molar-refractivity contribution < 1.29 is 4.79 Å². The van der Waals surface area contributed by atoms with Gasteiger partial charge >= 0.3 is 0 Å². The molecule has 100 valence electrons. The molecular weight excluding hydrogens is 210 g/mol. The Labute approximate surface area is 107 Å². The van der Waals surface area contributed by atoms with Gasteiger partial charge in [0.15, 0.2) is 0 Å². The van der Waals surface area contributed by atoms with Crippen molar-refractivity contribution in [3.63, 3.8) is 0 Å². The van der Waals surface area contributed by atoms with E-state index in [4.69, 9.17) is 0 Å². The summed E-state index contributed by atoms with van der Waals surface area (Å²) in [5.74, 6) is 0.929. The summed E-state index contributed by atoms with van der Waals surface area (Å²) in [7, 11) is 0. The van der Waals surface area contributed by atoms with Crippen LogP contribution in [0.2, 0.25) is 0 Å². The van der Waals surface area contributed by atoms with E-state index in [-0.39, 0.29) is 11.3 Å². The monoisotopic (exact) mass is 239 g/mol. The smallest absolute Gasteiger partial charge is 0.247 e. The summed E-state index contributed by atoms with van der Waals surface area (Å²) >= 11 is 0. The van der Waals surface area contributed by atoms with E-state index in [1.54, 1.807) is 0 Å². The highest BCUT2D eigenvalue weighted by Gasteiger charge is 2.27. The molecule has 1 heterocycles. The largest absolute Gasteiger partial charge is 0.352 e. The van der Waals surface area contributed by atoms with Crippen LogP contribution in [0, 0.1) is 17.3 Å². The first-order chi connectivity index (χ1) is 7.82. The lowest BCUT2D eigenvalue weighted by Gasteiger charge is -2.27. The molecule has 1 unspecified atom stereocenters. The van der Waals surface area contributed by atoms with Crippen LogP contribution < -0.4 is 5.32 Å². The van der Waals surface area contributed by atoms with Gasteiger partial charge in [0.2, 0.25) is 5.91 Å². The number of carbonyl (C=O) groups is 1. The maximum Gasteiger partial charge on any atom is 0.247 e. The molecule has 1 amide bonds. The third-order valence-electron chi connectivity index (χ3n) is 3.12. The van der Waals surface area contributed by atoms with Crippen LogP contribution in [-0.4, -0.2) is 12.5 Å². The van der Waals surface area contributed by atoms with Crippen LogP contribution in [-0.2, 0) is 4.79 Å². The molecule has 0 radical (unpaired) electrons. The number of rotatable bonds is 1. The van der Waals surface area contributed by atoms with E-state index >= 15 is 0 Å². The Hall–Kier alpha value is -0.790. The number of hydrogen-bond acceptors (Lipinski definition) is 1. The fourth-order valence-electron chi connectivity index (χ4n) is 1.96. The molecule has 0 bridgehead atoms. The predicted octanol–water partition coefficient (Wildman–Crippen LogP) is 3.78. The van der Waals surface area contributed by atoms with E-state index in [1.807, 2.05) is 13.8 Å². The molecule has 0 saturated heterocycles. The Morgan fingerprint density at radius 1 is 1.29 bits per heavy atom. The van der Waals surface area contributed by atoms with Gasteiger partial charge in [-0.25, -0.2) is 0 Å². The molecule has 1 atom stereocenters. The van der Waals surface area contributed by atoms with Crippen molar-refractivity contribution in [1.82, 2.24) is 5.32 Å². The van der Waals surface area contributed by atoms with Gasteiger partial charge in [0.25, 0.3) is 0 Å². The molecule has 1 N–H and O–H groups in total. The molecule has 1 aliphatic rings. The van der Waals surface area contributed by atoms with Gasteiger partial charge in [-0.05, 0) is 23.7 Å². The summed E-state index contributed by atoms with van der Waals surface area (Å²) < 4.78 is 0. The zero-order chi connectivity index (χ0) is 13.6. The number of carbonyl (C=O) groups excluding carboxylic acids is 1. The first-order valence-corrected chi connectivity index (χ1v) is 6.82. The lowest BCUT2D eigenvalue weighted by molar-refractivity contribution is -0.117. The van der Waals surface area contributed by atoms with E-state index in [0.29, 0.717) is 11.8 Å². The third-order valence-corrected chi connectivity index (χ3v) is 3.12. The van der Waals surface area contributed by atoms with E-state index in [9.17, 15) is 4.79 Å². The standard InChI is InChI=1S/C13H23NO.C2H6/c1-9(2)11-8-10(13(3,4)5)6-7-14-12(11)15;1-2/h8-10H,6-7H2,1-5H3,(H,14,15);1-2H3. The average molecular weight is 239 g/mol. The highest BCUT2D eigenvalue weighted by atomic mass is 16.1. The van der Waals surface area contributed by atoms with Gasteiger partial charge in [-0.15, -0.1) is 0 Å². The van der Waals surface area contributed by atoms with Crippen LogP contribution in [0.1, 0.15) is 54.9 Å². The molecule has 0 fully saturated rings. The van der Waals surface area contributed by atoms with Crippen molar-refractivity contribution in [2.75, 3.05) is 6.54 Å². The summed E-state index contributed by atoms with van der Waals surface area (Å²) in [6.07, 6.45) is 3.23. The maximum absolute atomic E-state index is 11.7. The van der Waals surface area contributed by atoms with Crippen LogP contribution in [0.3, 0.4) is 0 Å².